The van der Waals surface area contributed by atoms with Crippen LogP contribution in [0.4, 0.5) is 0 Å². The summed E-state index contributed by atoms with van der Waals surface area (Å²) in [5.41, 5.74) is 0. The first-order valence-electron chi connectivity index (χ1n) is 9.85. The van der Waals surface area contributed by atoms with Gasteiger partial charge in [-0.25, -0.2) is 8.42 Å². The zero-order chi connectivity index (χ0) is 18.7. The summed E-state index contributed by atoms with van der Waals surface area (Å²) in [4.78, 5) is 12.7. The lowest BCUT2D eigenvalue weighted by atomic mass is 9.97. The lowest BCUT2D eigenvalue weighted by Crippen LogP contribution is -2.37. The summed E-state index contributed by atoms with van der Waals surface area (Å²) in [6.07, 6.45) is 8.49. The summed E-state index contributed by atoms with van der Waals surface area (Å²) >= 11 is 0. The highest BCUT2D eigenvalue weighted by atomic mass is 32.2. The maximum absolute atomic E-state index is 12.7. The van der Waals surface area contributed by atoms with Crippen LogP contribution in [0.1, 0.15) is 74.6 Å². The van der Waals surface area contributed by atoms with Gasteiger partial charge in [0.1, 0.15) is 10.7 Å². The van der Waals surface area contributed by atoms with Gasteiger partial charge in [-0.2, -0.15) is 4.31 Å². The second kappa shape index (κ2) is 8.13. The number of hydrogen-bond acceptors (Lipinski definition) is 4. The number of carbonyl (C=O) groups excluding carboxylic acids is 1. The molecule has 1 aromatic heterocycles. The van der Waals surface area contributed by atoms with Gasteiger partial charge in [-0.3, -0.25) is 4.79 Å². The van der Waals surface area contributed by atoms with Crippen molar-refractivity contribution >= 4 is 15.9 Å². The van der Waals surface area contributed by atoms with E-state index in [1.807, 2.05) is 0 Å². The SMILES string of the molecule is CCCCC1CCCC1NC(=O)c1cc(S(=O)(=O)N2CCCC2)c(C)o1. The number of furan rings is 1. The van der Waals surface area contributed by atoms with E-state index < -0.39 is 10.0 Å². The van der Waals surface area contributed by atoms with Gasteiger partial charge in [0, 0.05) is 25.2 Å². The molecule has 1 aliphatic heterocycles. The van der Waals surface area contributed by atoms with Crippen LogP contribution in [0.25, 0.3) is 0 Å². The standard InChI is InChI=1S/C19H30N2O4S/c1-3-4-8-15-9-7-10-16(15)20-19(22)17-13-18(14(2)25-17)26(23,24)21-11-5-6-12-21/h13,15-16H,3-12H2,1-2H3,(H,20,22). The quantitative estimate of drug-likeness (QED) is 0.783. The van der Waals surface area contributed by atoms with E-state index in [0.29, 0.717) is 19.0 Å². The number of carbonyl (C=O) groups is 1. The average Bonchev–Trinajstić information content (AvgIpc) is 3.34. The van der Waals surface area contributed by atoms with Crippen LogP contribution in [0.3, 0.4) is 0 Å². The Kier molecular flexibility index (Phi) is 6.07. The summed E-state index contributed by atoms with van der Waals surface area (Å²) in [6, 6.07) is 1.56. The predicted octanol–water partition coefficient (Wildman–Crippen LogP) is 3.46. The number of hydrogen-bond donors (Lipinski definition) is 1. The molecular weight excluding hydrogens is 352 g/mol. The lowest BCUT2D eigenvalue weighted by molar-refractivity contribution is 0.0897. The molecule has 1 saturated heterocycles. The Morgan fingerprint density at radius 3 is 2.69 bits per heavy atom. The summed E-state index contributed by atoms with van der Waals surface area (Å²) in [5.74, 6) is 0.601. The van der Waals surface area contributed by atoms with Crippen LogP contribution < -0.4 is 5.32 Å². The average molecular weight is 383 g/mol. The Hall–Kier alpha value is -1.34. The molecule has 0 bridgehead atoms. The topological polar surface area (TPSA) is 79.6 Å². The maximum atomic E-state index is 12.7. The molecule has 2 aliphatic rings. The second-order valence-corrected chi connectivity index (χ2v) is 9.46. The fraction of sp³-hybridized carbons (Fsp3) is 0.737. The number of nitrogens with zero attached hydrogens (tertiary/aromatic N) is 1. The molecule has 2 fully saturated rings. The van der Waals surface area contributed by atoms with Crippen LogP contribution in [0.2, 0.25) is 0 Å². The van der Waals surface area contributed by atoms with E-state index in [-0.39, 0.29) is 28.4 Å². The van der Waals surface area contributed by atoms with E-state index in [4.69, 9.17) is 4.42 Å². The molecule has 2 unspecified atom stereocenters. The van der Waals surface area contributed by atoms with Crippen LogP contribution >= 0.6 is 0 Å². The maximum Gasteiger partial charge on any atom is 0.287 e. The predicted molar refractivity (Wildman–Crippen MR) is 99.6 cm³/mol. The number of amides is 1. The van der Waals surface area contributed by atoms with Gasteiger partial charge in [0.15, 0.2) is 5.76 Å². The van der Waals surface area contributed by atoms with Crippen molar-refractivity contribution in [3.8, 4) is 0 Å². The molecule has 0 radical (unpaired) electrons. The largest absolute Gasteiger partial charge is 0.455 e. The third-order valence-electron chi connectivity index (χ3n) is 5.68. The summed E-state index contributed by atoms with van der Waals surface area (Å²) in [5, 5.41) is 3.07. The van der Waals surface area contributed by atoms with Gasteiger partial charge >= 0.3 is 0 Å². The molecule has 2 atom stereocenters. The molecule has 0 spiro atoms. The smallest absolute Gasteiger partial charge is 0.287 e. The van der Waals surface area contributed by atoms with Crippen LogP contribution in [-0.2, 0) is 10.0 Å². The van der Waals surface area contributed by atoms with Crippen molar-refractivity contribution in [2.45, 2.75) is 76.2 Å². The Balaban J connectivity index is 1.71. The van der Waals surface area contributed by atoms with Gasteiger partial charge in [0.2, 0.25) is 10.0 Å². The van der Waals surface area contributed by atoms with Crippen LogP contribution in [0.5, 0.6) is 0 Å². The van der Waals surface area contributed by atoms with Crippen LogP contribution in [-0.4, -0.2) is 37.8 Å². The normalized spacial score (nSPS) is 24.2. The van der Waals surface area contributed by atoms with Crippen LogP contribution in [0, 0.1) is 12.8 Å². The molecule has 1 N–H and O–H groups in total. The number of aryl methyl sites for hydroxylation is 1. The highest BCUT2D eigenvalue weighted by molar-refractivity contribution is 7.89. The van der Waals surface area contributed by atoms with Crippen LogP contribution in [0.15, 0.2) is 15.4 Å². The molecule has 1 saturated carbocycles. The molecule has 3 rings (SSSR count). The first-order chi connectivity index (χ1) is 12.4. The molecule has 146 valence electrons. The number of rotatable bonds is 7. The van der Waals surface area contributed by atoms with Gasteiger partial charge < -0.3 is 9.73 Å². The third kappa shape index (κ3) is 3.98. The van der Waals surface area contributed by atoms with E-state index in [9.17, 15) is 13.2 Å². The molecule has 1 aromatic rings. The fourth-order valence-electron chi connectivity index (χ4n) is 4.18. The van der Waals surface area contributed by atoms with E-state index in [1.54, 1.807) is 6.92 Å². The highest BCUT2D eigenvalue weighted by Gasteiger charge is 2.33. The molecule has 7 heteroatoms. The number of nitrogens with one attached hydrogen (secondary N) is 1. The minimum absolute atomic E-state index is 0.0985. The first kappa shape index (κ1) is 19.4. The molecule has 2 heterocycles. The molecule has 0 aromatic carbocycles. The fourth-order valence-corrected chi connectivity index (χ4v) is 5.86. The minimum Gasteiger partial charge on any atom is -0.455 e. The monoisotopic (exact) mass is 382 g/mol. The summed E-state index contributed by atoms with van der Waals surface area (Å²) < 4.78 is 32.5. The minimum atomic E-state index is -3.57. The van der Waals surface area contributed by atoms with E-state index in [0.717, 1.165) is 44.9 Å². The van der Waals surface area contributed by atoms with Gasteiger partial charge in [-0.1, -0.05) is 26.2 Å². The van der Waals surface area contributed by atoms with E-state index in [2.05, 4.69) is 12.2 Å². The van der Waals surface area contributed by atoms with E-state index >= 15 is 0 Å². The Morgan fingerprint density at radius 1 is 1.27 bits per heavy atom. The van der Waals surface area contributed by atoms with Crippen molar-refractivity contribution in [1.82, 2.24) is 9.62 Å². The highest BCUT2D eigenvalue weighted by Crippen LogP contribution is 2.31. The van der Waals surface area contributed by atoms with E-state index in [1.165, 1.54) is 16.8 Å². The molecule has 26 heavy (non-hydrogen) atoms. The number of unbranched alkanes of at least 4 members (excludes halogenated alkanes) is 1. The molecule has 6 nitrogen and oxygen atoms in total. The number of sulfonamides is 1. The second-order valence-electron chi connectivity index (χ2n) is 7.56. The zero-order valence-corrected chi connectivity index (χ0v) is 16.6. The van der Waals surface area contributed by atoms with Gasteiger partial charge in [-0.05, 0) is 44.9 Å². The summed E-state index contributed by atoms with van der Waals surface area (Å²) in [6.45, 7) is 4.86. The van der Waals surface area contributed by atoms with Crippen molar-refractivity contribution in [1.29, 1.82) is 0 Å². The van der Waals surface area contributed by atoms with Gasteiger partial charge in [-0.15, -0.1) is 0 Å². The molecule has 1 aliphatic carbocycles. The third-order valence-corrected chi connectivity index (χ3v) is 7.69. The Labute approximate surface area is 156 Å². The van der Waals surface area contributed by atoms with Crippen molar-refractivity contribution in [2.75, 3.05) is 13.1 Å². The lowest BCUT2D eigenvalue weighted by Gasteiger charge is -2.20. The van der Waals surface area contributed by atoms with Crippen molar-refractivity contribution in [3.63, 3.8) is 0 Å². The Bertz CT molecular complexity index is 735. The van der Waals surface area contributed by atoms with Crippen molar-refractivity contribution < 1.29 is 17.6 Å². The van der Waals surface area contributed by atoms with Crippen molar-refractivity contribution in [2.24, 2.45) is 5.92 Å². The molecular formula is C19H30N2O4S. The Morgan fingerprint density at radius 2 is 2.00 bits per heavy atom. The van der Waals surface area contributed by atoms with Gasteiger partial charge in [0.25, 0.3) is 5.91 Å². The van der Waals surface area contributed by atoms with Crippen molar-refractivity contribution in [3.05, 3.63) is 17.6 Å². The first-order valence-corrected chi connectivity index (χ1v) is 11.3. The zero-order valence-electron chi connectivity index (χ0n) is 15.8. The summed E-state index contributed by atoms with van der Waals surface area (Å²) in [7, 11) is -3.57. The van der Waals surface area contributed by atoms with Gasteiger partial charge in [0.05, 0.1) is 0 Å². The molecule has 1 amide bonds.